The number of aromatic nitrogens is 2. The molecule has 0 amide bonds. The number of imidazole rings is 1. The predicted octanol–water partition coefficient (Wildman–Crippen LogP) is 4.50. The number of pyridine rings is 1. The third-order valence-corrected chi connectivity index (χ3v) is 5.27. The number of hydrogen-bond acceptors (Lipinski definition) is 5. The van der Waals surface area contributed by atoms with Gasteiger partial charge in [-0.25, -0.2) is 4.98 Å². The van der Waals surface area contributed by atoms with E-state index in [9.17, 15) is 15.4 Å². The van der Waals surface area contributed by atoms with Gasteiger partial charge in [-0.3, -0.25) is 14.5 Å². The molecule has 2 aromatic carbocycles. The third kappa shape index (κ3) is 2.32. The summed E-state index contributed by atoms with van der Waals surface area (Å²) in [6.07, 6.45) is 2.72. The van der Waals surface area contributed by atoms with E-state index in [4.69, 9.17) is 4.98 Å². The first kappa shape index (κ1) is 16.3. The molecule has 0 atom stereocenters. The van der Waals surface area contributed by atoms with Crippen molar-refractivity contribution in [2.75, 3.05) is 5.32 Å². The Labute approximate surface area is 160 Å². The number of nitriles is 1. The van der Waals surface area contributed by atoms with Crippen LogP contribution in [0.1, 0.15) is 23.1 Å². The molecule has 0 fully saturated rings. The summed E-state index contributed by atoms with van der Waals surface area (Å²) in [6, 6.07) is 16.5. The molecule has 5 rings (SSSR count). The van der Waals surface area contributed by atoms with Gasteiger partial charge in [-0.2, -0.15) is 5.26 Å². The molecule has 0 spiro atoms. The van der Waals surface area contributed by atoms with Crippen LogP contribution in [0.3, 0.4) is 0 Å². The Kier molecular flexibility index (Phi) is 3.52. The van der Waals surface area contributed by atoms with Crippen molar-refractivity contribution >= 4 is 33.9 Å². The quantitative estimate of drug-likeness (QED) is 0.424. The van der Waals surface area contributed by atoms with Gasteiger partial charge >= 0.3 is 0 Å². The molecule has 0 unspecified atom stereocenters. The van der Waals surface area contributed by atoms with Gasteiger partial charge in [-0.05, 0) is 54.7 Å². The average molecular weight is 369 g/mol. The Bertz CT molecular complexity index is 1300. The Balaban J connectivity index is 1.78. The fourth-order valence-corrected chi connectivity index (χ4v) is 4.02. The minimum Gasteiger partial charge on any atom is -0.341 e. The van der Waals surface area contributed by atoms with Gasteiger partial charge in [-0.1, -0.05) is 12.1 Å². The molecular formula is C21H15N5O2. The van der Waals surface area contributed by atoms with E-state index in [2.05, 4.69) is 11.4 Å². The van der Waals surface area contributed by atoms with E-state index in [0.29, 0.717) is 11.2 Å². The van der Waals surface area contributed by atoms with Gasteiger partial charge in [0.15, 0.2) is 5.65 Å². The van der Waals surface area contributed by atoms with Crippen LogP contribution < -0.4 is 5.32 Å². The molecule has 0 aliphatic heterocycles. The molecule has 1 N–H and O–H groups in total. The molecule has 0 saturated heterocycles. The molecule has 2 aromatic heterocycles. The Hall–Kier alpha value is -3.92. The van der Waals surface area contributed by atoms with Gasteiger partial charge < -0.3 is 5.32 Å². The van der Waals surface area contributed by atoms with E-state index in [0.717, 1.165) is 52.9 Å². The molecule has 136 valence electrons. The number of fused-ring (bicyclic) bond motifs is 4. The van der Waals surface area contributed by atoms with Crippen LogP contribution in [0, 0.1) is 21.4 Å². The molecule has 7 nitrogen and oxygen atoms in total. The van der Waals surface area contributed by atoms with Crippen molar-refractivity contribution in [3.05, 3.63) is 75.3 Å². The first-order valence-electron chi connectivity index (χ1n) is 9.04. The van der Waals surface area contributed by atoms with Crippen molar-refractivity contribution in [2.24, 2.45) is 0 Å². The molecule has 4 aromatic rings. The number of non-ortho nitro benzene ring substituents is 1. The summed E-state index contributed by atoms with van der Waals surface area (Å²) in [5, 5.41) is 24.2. The monoisotopic (exact) mass is 369 g/mol. The summed E-state index contributed by atoms with van der Waals surface area (Å²) >= 11 is 0. The maximum atomic E-state index is 10.9. The number of hydrogen-bond donors (Lipinski definition) is 1. The van der Waals surface area contributed by atoms with Crippen molar-refractivity contribution in [3.63, 3.8) is 0 Å². The molecule has 7 heteroatoms. The lowest BCUT2D eigenvalue weighted by Crippen LogP contribution is -2.06. The summed E-state index contributed by atoms with van der Waals surface area (Å²) in [5.41, 5.74) is 6.01. The minimum absolute atomic E-state index is 0.0498. The molecular weight excluding hydrogens is 354 g/mol. The van der Waals surface area contributed by atoms with Crippen LogP contribution in [0.2, 0.25) is 0 Å². The highest BCUT2D eigenvalue weighted by Gasteiger charge is 2.25. The van der Waals surface area contributed by atoms with Crippen LogP contribution in [0.5, 0.6) is 0 Å². The van der Waals surface area contributed by atoms with Crippen molar-refractivity contribution in [2.45, 2.75) is 19.3 Å². The minimum atomic E-state index is -0.412. The summed E-state index contributed by atoms with van der Waals surface area (Å²) in [4.78, 5) is 15.2. The van der Waals surface area contributed by atoms with Crippen LogP contribution in [-0.4, -0.2) is 14.3 Å². The number of nitrogens with zero attached hydrogens (tertiary/aromatic N) is 4. The topological polar surface area (TPSA) is 96.3 Å². The standard InChI is InChI=1S/C21H15N5O2/c22-12-17-15-4-3-5-16(15)20(23-13-8-10-14(11-9-13)26(27)28)25-19-7-2-1-6-18(19)24-21(17)25/h1-2,6-11,23H,3-5H2. The van der Waals surface area contributed by atoms with Crippen LogP contribution in [0.15, 0.2) is 48.5 Å². The zero-order chi connectivity index (χ0) is 19.3. The van der Waals surface area contributed by atoms with Gasteiger partial charge in [0.25, 0.3) is 5.69 Å². The number of benzene rings is 2. The number of nitro groups is 1. The van der Waals surface area contributed by atoms with Crippen LogP contribution in [0.25, 0.3) is 16.7 Å². The Morgan fingerprint density at radius 2 is 1.86 bits per heavy atom. The first-order valence-corrected chi connectivity index (χ1v) is 9.04. The lowest BCUT2D eigenvalue weighted by Gasteiger charge is -2.16. The summed E-state index contributed by atoms with van der Waals surface area (Å²) in [7, 11) is 0. The molecule has 28 heavy (non-hydrogen) atoms. The second kappa shape index (κ2) is 6.06. The first-order chi connectivity index (χ1) is 13.7. The average Bonchev–Trinajstić information content (AvgIpc) is 3.33. The summed E-state index contributed by atoms with van der Waals surface area (Å²) in [6.45, 7) is 0. The van der Waals surface area contributed by atoms with Crippen molar-refractivity contribution in [1.29, 1.82) is 5.26 Å². The second-order valence-corrected chi connectivity index (χ2v) is 6.83. The van der Waals surface area contributed by atoms with E-state index >= 15 is 0 Å². The van der Waals surface area contributed by atoms with Crippen molar-refractivity contribution in [3.8, 4) is 6.07 Å². The smallest absolute Gasteiger partial charge is 0.269 e. The molecule has 1 aliphatic rings. The van der Waals surface area contributed by atoms with Crippen molar-refractivity contribution in [1.82, 2.24) is 9.38 Å². The molecule has 0 saturated carbocycles. The highest BCUT2D eigenvalue weighted by Crippen LogP contribution is 2.37. The molecule has 2 heterocycles. The second-order valence-electron chi connectivity index (χ2n) is 6.83. The fourth-order valence-electron chi connectivity index (χ4n) is 4.02. The van der Waals surface area contributed by atoms with Gasteiger partial charge in [-0.15, -0.1) is 0 Å². The number of nitro benzene ring substituents is 1. The van der Waals surface area contributed by atoms with E-state index in [1.807, 2.05) is 28.7 Å². The van der Waals surface area contributed by atoms with Crippen LogP contribution >= 0.6 is 0 Å². The number of rotatable bonds is 3. The lowest BCUT2D eigenvalue weighted by molar-refractivity contribution is -0.384. The number of anilines is 2. The van der Waals surface area contributed by atoms with Crippen LogP contribution in [-0.2, 0) is 12.8 Å². The van der Waals surface area contributed by atoms with E-state index in [1.165, 1.54) is 12.1 Å². The Morgan fingerprint density at radius 1 is 1.11 bits per heavy atom. The number of para-hydroxylation sites is 2. The van der Waals surface area contributed by atoms with Gasteiger partial charge in [0.05, 0.1) is 21.5 Å². The van der Waals surface area contributed by atoms with Crippen LogP contribution in [0.4, 0.5) is 17.2 Å². The summed E-state index contributed by atoms with van der Waals surface area (Å²) < 4.78 is 2.00. The predicted molar refractivity (Wildman–Crippen MR) is 106 cm³/mol. The zero-order valence-corrected chi connectivity index (χ0v) is 14.8. The lowest BCUT2D eigenvalue weighted by atomic mass is 10.1. The van der Waals surface area contributed by atoms with Crippen molar-refractivity contribution < 1.29 is 4.92 Å². The largest absolute Gasteiger partial charge is 0.341 e. The maximum Gasteiger partial charge on any atom is 0.269 e. The normalized spacial score (nSPS) is 12.8. The highest BCUT2D eigenvalue weighted by atomic mass is 16.6. The third-order valence-electron chi connectivity index (χ3n) is 5.27. The van der Waals surface area contributed by atoms with E-state index in [-0.39, 0.29) is 5.69 Å². The zero-order valence-electron chi connectivity index (χ0n) is 14.8. The Morgan fingerprint density at radius 3 is 2.61 bits per heavy atom. The molecule has 0 radical (unpaired) electrons. The van der Waals surface area contributed by atoms with E-state index in [1.54, 1.807) is 12.1 Å². The SMILES string of the molecule is N#Cc1c2c(c(Nc3ccc([N+](=O)[O-])cc3)n3c1nc1ccccc13)CCC2. The fraction of sp³-hybridized carbons (Fsp3) is 0.143. The highest BCUT2D eigenvalue weighted by molar-refractivity contribution is 5.87. The van der Waals surface area contributed by atoms with Gasteiger partial charge in [0.2, 0.25) is 0 Å². The summed E-state index contributed by atoms with van der Waals surface area (Å²) in [5.74, 6) is 0.879. The van der Waals surface area contributed by atoms with Gasteiger partial charge in [0, 0.05) is 17.8 Å². The number of nitrogens with one attached hydrogen (secondary N) is 1. The maximum absolute atomic E-state index is 10.9. The molecule has 0 bridgehead atoms. The van der Waals surface area contributed by atoms with Gasteiger partial charge in [0.1, 0.15) is 11.9 Å². The van der Waals surface area contributed by atoms with E-state index < -0.39 is 4.92 Å². The molecule has 1 aliphatic carbocycles.